The van der Waals surface area contributed by atoms with Crippen molar-refractivity contribution in [3.05, 3.63) is 77.9 Å². The van der Waals surface area contributed by atoms with Gasteiger partial charge >= 0.3 is 0 Å². The van der Waals surface area contributed by atoms with Crippen LogP contribution in [-0.4, -0.2) is 5.11 Å². The fraction of sp³-hybridized carbons (Fsp3) is 0.167. The Balaban J connectivity index is 2.19. The molecule has 1 N–H and O–H groups in total. The quantitative estimate of drug-likeness (QED) is 0.439. The summed E-state index contributed by atoms with van der Waals surface area (Å²) in [5.74, 6) is 1.37. The number of hydrogen-bond donors (Lipinski definition) is 1. The van der Waals surface area contributed by atoms with E-state index in [2.05, 4.69) is 38.1 Å². The number of phenolic OH excluding ortho intramolecular Hbond substituents is 1. The van der Waals surface area contributed by atoms with E-state index >= 15 is 0 Å². The van der Waals surface area contributed by atoms with Crippen LogP contribution in [0.25, 0.3) is 33.4 Å². The van der Waals surface area contributed by atoms with Crippen LogP contribution in [0.1, 0.15) is 30.9 Å². The summed E-state index contributed by atoms with van der Waals surface area (Å²) >= 11 is 0. The van der Waals surface area contributed by atoms with Gasteiger partial charge in [0.2, 0.25) is 0 Å². The Morgan fingerprint density at radius 1 is 0.846 bits per heavy atom. The van der Waals surface area contributed by atoms with Crippen molar-refractivity contribution in [3.8, 4) is 28.2 Å². The van der Waals surface area contributed by atoms with Crippen molar-refractivity contribution in [2.45, 2.75) is 26.7 Å². The Labute approximate surface area is 153 Å². The Kier molecular flexibility index (Phi) is 4.04. The maximum Gasteiger partial charge on any atom is 0.143 e. The van der Waals surface area contributed by atoms with E-state index in [0.717, 1.165) is 44.5 Å². The predicted octanol–water partition coefficient (Wildman–Crippen LogP) is 6.90. The Hall–Kier alpha value is -3.00. The van der Waals surface area contributed by atoms with Crippen LogP contribution in [0.3, 0.4) is 0 Å². The number of fused-ring (bicyclic) bond motifs is 1. The minimum atomic E-state index is 0.182. The minimum absolute atomic E-state index is 0.182. The fourth-order valence-electron chi connectivity index (χ4n) is 3.70. The Bertz CT molecular complexity index is 1060. The molecule has 4 aromatic rings. The van der Waals surface area contributed by atoms with Gasteiger partial charge in [0.05, 0.1) is 0 Å². The standard InChI is InChI=1S/C24H22O2/c1-15(2)20-19(25)14-16(3)23-22(20)21(17-10-6-4-7-11-17)24(26-23)18-12-8-5-9-13-18/h4-15,25H,1-3H3. The van der Waals surface area contributed by atoms with Gasteiger partial charge in [-0.1, -0.05) is 74.5 Å². The first-order valence-electron chi connectivity index (χ1n) is 8.97. The third-order valence-corrected chi connectivity index (χ3v) is 4.84. The topological polar surface area (TPSA) is 33.4 Å². The van der Waals surface area contributed by atoms with E-state index in [1.165, 1.54) is 0 Å². The van der Waals surface area contributed by atoms with Crippen molar-refractivity contribution in [2.75, 3.05) is 0 Å². The monoisotopic (exact) mass is 342 g/mol. The molecule has 0 aliphatic heterocycles. The molecular weight excluding hydrogens is 320 g/mol. The van der Waals surface area contributed by atoms with Gasteiger partial charge in [-0.25, -0.2) is 0 Å². The molecule has 130 valence electrons. The van der Waals surface area contributed by atoms with E-state index in [9.17, 15) is 5.11 Å². The van der Waals surface area contributed by atoms with Crippen molar-refractivity contribution in [3.63, 3.8) is 0 Å². The summed E-state index contributed by atoms with van der Waals surface area (Å²) in [4.78, 5) is 0. The van der Waals surface area contributed by atoms with E-state index in [0.29, 0.717) is 5.75 Å². The third-order valence-electron chi connectivity index (χ3n) is 4.84. The number of benzene rings is 3. The molecule has 0 amide bonds. The van der Waals surface area contributed by atoms with Crippen LogP contribution in [0.4, 0.5) is 0 Å². The highest BCUT2D eigenvalue weighted by atomic mass is 16.3. The molecule has 0 aliphatic carbocycles. The second kappa shape index (κ2) is 6.38. The molecule has 26 heavy (non-hydrogen) atoms. The summed E-state index contributed by atoms with van der Waals surface area (Å²) in [5.41, 5.74) is 5.92. The molecule has 1 heterocycles. The maximum atomic E-state index is 10.7. The van der Waals surface area contributed by atoms with Gasteiger partial charge in [0.25, 0.3) is 0 Å². The molecular formula is C24H22O2. The van der Waals surface area contributed by atoms with Crippen LogP contribution >= 0.6 is 0 Å². The number of aromatic hydroxyl groups is 1. The highest BCUT2D eigenvalue weighted by molar-refractivity contribution is 6.05. The SMILES string of the molecule is Cc1cc(O)c(C(C)C)c2c(-c3ccccc3)c(-c3ccccc3)oc12. The summed E-state index contributed by atoms with van der Waals surface area (Å²) in [6, 6.07) is 22.3. The first kappa shape index (κ1) is 16.5. The average Bonchev–Trinajstić information content (AvgIpc) is 3.03. The lowest BCUT2D eigenvalue weighted by Crippen LogP contribution is -1.92. The highest BCUT2D eigenvalue weighted by Crippen LogP contribution is 2.47. The number of furan rings is 1. The summed E-state index contributed by atoms with van der Waals surface area (Å²) in [6.45, 7) is 6.20. The van der Waals surface area contributed by atoms with Gasteiger partial charge in [0, 0.05) is 22.1 Å². The molecule has 0 fully saturated rings. The molecule has 0 atom stereocenters. The van der Waals surface area contributed by atoms with Crippen molar-refractivity contribution >= 4 is 11.0 Å². The van der Waals surface area contributed by atoms with Gasteiger partial charge in [-0.2, -0.15) is 0 Å². The largest absolute Gasteiger partial charge is 0.508 e. The molecule has 1 aromatic heterocycles. The van der Waals surface area contributed by atoms with Crippen LogP contribution in [0.2, 0.25) is 0 Å². The molecule has 0 saturated carbocycles. The van der Waals surface area contributed by atoms with Gasteiger partial charge < -0.3 is 9.52 Å². The third kappa shape index (κ3) is 2.59. The zero-order chi connectivity index (χ0) is 18.3. The number of hydrogen-bond acceptors (Lipinski definition) is 2. The zero-order valence-electron chi connectivity index (χ0n) is 15.3. The van der Waals surface area contributed by atoms with E-state index in [-0.39, 0.29) is 5.92 Å². The molecule has 0 spiro atoms. The van der Waals surface area contributed by atoms with Crippen LogP contribution in [0.15, 0.2) is 71.1 Å². The van der Waals surface area contributed by atoms with E-state index < -0.39 is 0 Å². The summed E-state index contributed by atoms with van der Waals surface area (Å²) < 4.78 is 6.41. The zero-order valence-corrected chi connectivity index (χ0v) is 15.3. The average molecular weight is 342 g/mol. The molecule has 2 heteroatoms. The lowest BCUT2D eigenvalue weighted by Gasteiger charge is -2.13. The highest BCUT2D eigenvalue weighted by Gasteiger charge is 2.24. The Morgan fingerprint density at radius 3 is 2.00 bits per heavy atom. The second-order valence-corrected chi connectivity index (χ2v) is 7.02. The number of phenols is 1. The molecule has 0 saturated heterocycles. The van der Waals surface area contributed by atoms with E-state index in [1.807, 2.05) is 49.4 Å². The van der Waals surface area contributed by atoms with Crippen LogP contribution in [-0.2, 0) is 0 Å². The summed E-state index contributed by atoms with van der Waals surface area (Å²) in [5, 5.41) is 11.7. The van der Waals surface area contributed by atoms with E-state index in [4.69, 9.17) is 4.42 Å². The van der Waals surface area contributed by atoms with Crippen molar-refractivity contribution in [2.24, 2.45) is 0 Å². The van der Waals surface area contributed by atoms with Crippen molar-refractivity contribution < 1.29 is 9.52 Å². The van der Waals surface area contributed by atoms with Crippen LogP contribution < -0.4 is 0 Å². The predicted molar refractivity (Wildman–Crippen MR) is 108 cm³/mol. The maximum absolute atomic E-state index is 10.7. The molecule has 4 rings (SSSR count). The van der Waals surface area contributed by atoms with Gasteiger partial charge in [0.1, 0.15) is 17.1 Å². The van der Waals surface area contributed by atoms with Gasteiger partial charge in [-0.15, -0.1) is 0 Å². The smallest absolute Gasteiger partial charge is 0.143 e. The normalized spacial score (nSPS) is 11.4. The Morgan fingerprint density at radius 2 is 1.42 bits per heavy atom. The lowest BCUT2D eigenvalue weighted by molar-refractivity contribution is 0.465. The molecule has 0 radical (unpaired) electrons. The van der Waals surface area contributed by atoms with Gasteiger partial charge in [0.15, 0.2) is 0 Å². The molecule has 3 aromatic carbocycles. The summed E-state index contributed by atoms with van der Waals surface area (Å²) in [6.07, 6.45) is 0. The number of rotatable bonds is 3. The lowest BCUT2D eigenvalue weighted by atomic mass is 9.90. The van der Waals surface area contributed by atoms with Gasteiger partial charge in [-0.05, 0) is 30.0 Å². The molecule has 0 aliphatic rings. The van der Waals surface area contributed by atoms with Gasteiger partial charge in [-0.3, -0.25) is 0 Å². The molecule has 0 bridgehead atoms. The second-order valence-electron chi connectivity index (χ2n) is 7.02. The first-order chi connectivity index (χ1) is 12.6. The van der Waals surface area contributed by atoms with E-state index in [1.54, 1.807) is 0 Å². The molecule has 0 unspecified atom stereocenters. The number of aryl methyl sites for hydroxylation is 1. The fourth-order valence-corrected chi connectivity index (χ4v) is 3.70. The first-order valence-corrected chi connectivity index (χ1v) is 8.97. The minimum Gasteiger partial charge on any atom is -0.508 e. The van der Waals surface area contributed by atoms with Crippen molar-refractivity contribution in [1.29, 1.82) is 0 Å². The van der Waals surface area contributed by atoms with Crippen LogP contribution in [0.5, 0.6) is 5.75 Å². The van der Waals surface area contributed by atoms with Crippen molar-refractivity contribution in [1.82, 2.24) is 0 Å². The van der Waals surface area contributed by atoms with Crippen LogP contribution in [0, 0.1) is 6.92 Å². The molecule has 2 nitrogen and oxygen atoms in total. The summed E-state index contributed by atoms with van der Waals surface area (Å²) in [7, 11) is 0.